The summed E-state index contributed by atoms with van der Waals surface area (Å²) in [6, 6.07) is 12.6. The van der Waals surface area contributed by atoms with Crippen molar-refractivity contribution < 1.29 is 19.0 Å². The van der Waals surface area contributed by atoms with E-state index in [4.69, 9.17) is 9.47 Å². The van der Waals surface area contributed by atoms with Crippen LogP contribution in [0.4, 0.5) is 10.1 Å². The van der Waals surface area contributed by atoms with Crippen LogP contribution in [0.15, 0.2) is 48.5 Å². The van der Waals surface area contributed by atoms with E-state index in [1.54, 1.807) is 13.2 Å². The number of halogens is 3. The van der Waals surface area contributed by atoms with Crippen LogP contribution in [0, 0.1) is 5.82 Å². The number of allylic oxidation sites excluding steroid dienone is 1. The van der Waals surface area contributed by atoms with Crippen molar-refractivity contribution in [2.75, 3.05) is 51.3 Å². The molecular weight excluding hydrogens is 442 g/mol. The fourth-order valence-corrected chi connectivity index (χ4v) is 3.52. The maximum atomic E-state index is 13.9. The average Bonchev–Trinajstić information content (AvgIpc) is 2.74. The molecule has 1 aliphatic rings. The molecule has 5 nitrogen and oxygen atoms in total. The summed E-state index contributed by atoms with van der Waals surface area (Å²) in [5, 5.41) is 10.4. The van der Waals surface area contributed by atoms with Crippen LogP contribution in [0.1, 0.15) is 12.5 Å². The van der Waals surface area contributed by atoms with Gasteiger partial charge in [-0.1, -0.05) is 30.4 Å². The fraction of sp³-hybridized carbons (Fsp3) is 0.391. The van der Waals surface area contributed by atoms with Crippen LogP contribution in [0.2, 0.25) is 0 Å². The van der Waals surface area contributed by atoms with Gasteiger partial charge in [-0.25, -0.2) is 4.39 Å². The van der Waals surface area contributed by atoms with Crippen molar-refractivity contribution in [1.82, 2.24) is 4.90 Å². The molecule has 0 amide bonds. The molecule has 8 heteroatoms. The highest BCUT2D eigenvalue weighted by Gasteiger charge is 2.21. The number of rotatable bonds is 8. The lowest BCUT2D eigenvalue weighted by atomic mass is 10.2. The van der Waals surface area contributed by atoms with Gasteiger partial charge in [-0.15, -0.1) is 24.8 Å². The summed E-state index contributed by atoms with van der Waals surface area (Å²) in [4.78, 5) is 4.23. The number of nitrogens with zero attached hydrogens (tertiary/aromatic N) is 2. The Kier molecular flexibility index (Phi) is 11.7. The predicted molar refractivity (Wildman–Crippen MR) is 129 cm³/mol. The highest BCUT2D eigenvalue weighted by atomic mass is 35.5. The van der Waals surface area contributed by atoms with E-state index in [2.05, 4.69) is 4.90 Å². The number of aliphatic hydroxyl groups excluding tert-OH is 1. The molecule has 0 bridgehead atoms. The molecule has 0 saturated carbocycles. The van der Waals surface area contributed by atoms with Crippen molar-refractivity contribution in [3.8, 4) is 11.5 Å². The van der Waals surface area contributed by atoms with Crippen LogP contribution in [0.3, 0.4) is 0 Å². The van der Waals surface area contributed by atoms with Crippen LogP contribution < -0.4 is 14.4 Å². The van der Waals surface area contributed by atoms with E-state index >= 15 is 0 Å². The largest absolute Gasteiger partial charge is 0.493 e. The summed E-state index contributed by atoms with van der Waals surface area (Å²) in [5.74, 6) is 1.07. The van der Waals surface area contributed by atoms with Crippen LogP contribution >= 0.6 is 24.8 Å². The Morgan fingerprint density at radius 1 is 1.06 bits per heavy atom. The second kappa shape index (κ2) is 13.4. The summed E-state index contributed by atoms with van der Waals surface area (Å²) in [6.45, 7) is 5.67. The van der Waals surface area contributed by atoms with Crippen molar-refractivity contribution in [1.29, 1.82) is 0 Å². The minimum Gasteiger partial charge on any atom is -0.493 e. The zero-order chi connectivity index (χ0) is 20.6. The van der Waals surface area contributed by atoms with Gasteiger partial charge in [-0.3, -0.25) is 4.90 Å². The van der Waals surface area contributed by atoms with Gasteiger partial charge in [0, 0.05) is 32.7 Å². The van der Waals surface area contributed by atoms with E-state index in [1.165, 1.54) is 6.07 Å². The van der Waals surface area contributed by atoms with Crippen molar-refractivity contribution in [2.45, 2.75) is 13.0 Å². The van der Waals surface area contributed by atoms with Crippen LogP contribution in [0.25, 0.3) is 6.08 Å². The molecule has 2 aromatic rings. The maximum absolute atomic E-state index is 13.9. The number of hydrogen-bond acceptors (Lipinski definition) is 5. The Labute approximate surface area is 196 Å². The first-order valence-corrected chi connectivity index (χ1v) is 9.94. The van der Waals surface area contributed by atoms with E-state index in [-0.39, 0.29) is 37.2 Å². The van der Waals surface area contributed by atoms with Gasteiger partial charge in [0.1, 0.15) is 18.5 Å². The molecule has 1 aliphatic heterocycles. The number of hydrogen-bond donors (Lipinski definition) is 1. The van der Waals surface area contributed by atoms with Crippen LogP contribution in [-0.2, 0) is 0 Å². The summed E-state index contributed by atoms with van der Waals surface area (Å²) in [6.07, 6.45) is 3.34. The van der Waals surface area contributed by atoms with E-state index < -0.39 is 6.10 Å². The zero-order valence-electron chi connectivity index (χ0n) is 17.9. The lowest BCUT2D eigenvalue weighted by molar-refractivity contribution is 0.0653. The first kappa shape index (κ1) is 27.0. The number of aliphatic hydroxyl groups is 1. The molecule has 1 fully saturated rings. The van der Waals surface area contributed by atoms with Gasteiger partial charge in [0.25, 0.3) is 0 Å². The highest BCUT2D eigenvalue weighted by molar-refractivity contribution is 5.85. The standard InChI is InChI=1S/C23H29FN2O3.2ClH/c1-3-6-18-9-10-22(23(15-18)28-2)29-17-19(27)16-25-11-13-26(14-12-25)21-8-5-4-7-20(21)24;;/h3-10,15,19,27H,11-14,16-17H2,1-2H3;2*1H/b6-3+;;. The number of anilines is 1. The average molecular weight is 473 g/mol. The minimum atomic E-state index is -0.616. The first-order valence-electron chi connectivity index (χ1n) is 9.94. The molecule has 2 aromatic carbocycles. The lowest BCUT2D eigenvalue weighted by Crippen LogP contribution is -2.49. The van der Waals surface area contributed by atoms with E-state index in [0.29, 0.717) is 23.7 Å². The van der Waals surface area contributed by atoms with E-state index in [1.807, 2.05) is 54.3 Å². The smallest absolute Gasteiger partial charge is 0.161 e. The molecule has 1 unspecified atom stereocenters. The molecule has 0 spiro atoms. The molecule has 3 rings (SSSR count). The second-order valence-electron chi connectivity index (χ2n) is 7.11. The zero-order valence-corrected chi connectivity index (χ0v) is 19.5. The number of piperazine rings is 1. The first-order chi connectivity index (χ1) is 14.1. The molecule has 0 aliphatic carbocycles. The Hall–Kier alpha value is -1.99. The van der Waals surface area contributed by atoms with Crippen LogP contribution in [-0.4, -0.2) is 62.6 Å². The maximum Gasteiger partial charge on any atom is 0.161 e. The molecule has 1 atom stereocenters. The summed E-state index contributed by atoms with van der Waals surface area (Å²) < 4.78 is 25.1. The van der Waals surface area contributed by atoms with E-state index in [9.17, 15) is 9.50 Å². The monoisotopic (exact) mass is 472 g/mol. The normalized spacial score (nSPS) is 15.2. The SMILES string of the molecule is C/C=C/c1ccc(OCC(O)CN2CCN(c3ccccc3F)CC2)c(OC)c1.Cl.Cl. The Bertz CT molecular complexity index is 830. The van der Waals surface area contributed by atoms with Gasteiger partial charge in [-0.2, -0.15) is 0 Å². The molecule has 172 valence electrons. The molecule has 1 heterocycles. The number of ether oxygens (including phenoxy) is 2. The topological polar surface area (TPSA) is 45.2 Å². The fourth-order valence-electron chi connectivity index (χ4n) is 3.52. The quantitative estimate of drug-likeness (QED) is 0.621. The van der Waals surface area contributed by atoms with Crippen molar-refractivity contribution >= 4 is 36.6 Å². The van der Waals surface area contributed by atoms with Gasteiger partial charge >= 0.3 is 0 Å². The van der Waals surface area contributed by atoms with Gasteiger partial charge in [0.05, 0.1) is 12.8 Å². The number of benzene rings is 2. The van der Waals surface area contributed by atoms with Crippen molar-refractivity contribution in [3.05, 3.63) is 59.9 Å². The molecule has 31 heavy (non-hydrogen) atoms. The third-order valence-electron chi connectivity index (χ3n) is 5.01. The van der Waals surface area contributed by atoms with E-state index in [0.717, 1.165) is 31.7 Å². The Morgan fingerprint density at radius 3 is 2.42 bits per heavy atom. The van der Waals surface area contributed by atoms with Gasteiger partial charge in [0.15, 0.2) is 11.5 Å². The molecule has 0 radical (unpaired) electrons. The summed E-state index contributed by atoms with van der Waals surface area (Å²) in [7, 11) is 1.60. The van der Waals surface area contributed by atoms with Crippen molar-refractivity contribution in [2.24, 2.45) is 0 Å². The number of β-amino-alcohol motifs (C(OH)–C–C–N with tert-alkyl or cyclic N) is 1. The molecular formula is C23H31Cl2FN2O3. The Morgan fingerprint density at radius 2 is 1.77 bits per heavy atom. The number of methoxy groups -OCH3 is 1. The highest BCUT2D eigenvalue weighted by Crippen LogP contribution is 2.28. The minimum absolute atomic E-state index is 0. The van der Waals surface area contributed by atoms with Crippen molar-refractivity contribution in [3.63, 3.8) is 0 Å². The van der Waals surface area contributed by atoms with Gasteiger partial charge in [-0.05, 0) is 36.8 Å². The third kappa shape index (κ3) is 7.58. The predicted octanol–water partition coefficient (Wildman–Crippen LogP) is 4.27. The summed E-state index contributed by atoms with van der Waals surface area (Å²) in [5.41, 5.74) is 1.68. The summed E-state index contributed by atoms with van der Waals surface area (Å²) >= 11 is 0. The lowest BCUT2D eigenvalue weighted by Gasteiger charge is -2.36. The van der Waals surface area contributed by atoms with Gasteiger partial charge < -0.3 is 19.5 Å². The molecule has 1 saturated heterocycles. The molecule has 1 N–H and O–H groups in total. The number of para-hydroxylation sites is 1. The molecule has 0 aromatic heterocycles. The third-order valence-corrected chi connectivity index (χ3v) is 5.01. The second-order valence-corrected chi connectivity index (χ2v) is 7.11. The Balaban J connectivity index is 0.00000240. The van der Waals surface area contributed by atoms with Crippen LogP contribution in [0.5, 0.6) is 11.5 Å². The van der Waals surface area contributed by atoms with Gasteiger partial charge in [0.2, 0.25) is 0 Å².